The van der Waals surface area contributed by atoms with Crippen molar-refractivity contribution < 1.29 is 18.7 Å². The summed E-state index contributed by atoms with van der Waals surface area (Å²) >= 11 is 0. The molecule has 0 radical (unpaired) electrons. The highest BCUT2D eigenvalue weighted by Crippen LogP contribution is 2.18. The number of piperidine rings is 1. The third kappa shape index (κ3) is 7.16. The lowest BCUT2D eigenvalue weighted by molar-refractivity contribution is -0.133. The van der Waals surface area contributed by atoms with Gasteiger partial charge in [-0.15, -0.1) is 12.4 Å². The summed E-state index contributed by atoms with van der Waals surface area (Å²) in [6, 6.07) is 6.22. The zero-order valence-electron chi connectivity index (χ0n) is 16.7. The monoisotopic (exact) mass is 427 g/mol. The molecule has 0 saturated carbocycles. The van der Waals surface area contributed by atoms with Crippen LogP contribution in [0, 0.1) is 11.7 Å². The van der Waals surface area contributed by atoms with Gasteiger partial charge in [0.05, 0.1) is 12.6 Å². The molecule has 2 amide bonds. The molecule has 2 unspecified atom stereocenters. The smallest absolute Gasteiger partial charge is 0.237 e. The van der Waals surface area contributed by atoms with Gasteiger partial charge in [0.1, 0.15) is 0 Å². The van der Waals surface area contributed by atoms with Gasteiger partial charge in [0.2, 0.25) is 11.8 Å². The normalized spacial score (nSPS) is 21.3. The highest BCUT2D eigenvalue weighted by atomic mass is 35.5. The molecule has 0 aromatic heterocycles. The van der Waals surface area contributed by atoms with Crippen LogP contribution in [0.4, 0.5) is 4.39 Å². The molecule has 3 rings (SSSR count). The van der Waals surface area contributed by atoms with Crippen LogP contribution >= 0.6 is 12.4 Å². The fourth-order valence-corrected chi connectivity index (χ4v) is 3.86. The molecule has 2 fully saturated rings. The second kappa shape index (κ2) is 12.0. The molecule has 0 bridgehead atoms. The molecular formula is C21H31ClFN3O3. The van der Waals surface area contributed by atoms with Crippen molar-refractivity contribution in [2.24, 2.45) is 5.92 Å². The van der Waals surface area contributed by atoms with Gasteiger partial charge in [0, 0.05) is 26.1 Å². The van der Waals surface area contributed by atoms with Crippen molar-refractivity contribution in [2.75, 3.05) is 32.8 Å². The summed E-state index contributed by atoms with van der Waals surface area (Å²) in [6.45, 7) is 3.29. The van der Waals surface area contributed by atoms with Crippen LogP contribution in [0.15, 0.2) is 24.3 Å². The topological polar surface area (TPSA) is 70.7 Å². The van der Waals surface area contributed by atoms with E-state index in [0.717, 1.165) is 38.8 Å². The number of carbonyl (C=O) groups is 2. The molecule has 29 heavy (non-hydrogen) atoms. The van der Waals surface area contributed by atoms with Gasteiger partial charge in [-0.1, -0.05) is 12.1 Å². The van der Waals surface area contributed by atoms with E-state index in [4.69, 9.17) is 4.74 Å². The van der Waals surface area contributed by atoms with Crippen molar-refractivity contribution in [3.63, 3.8) is 0 Å². The number of para-hydroxylation sites is 1. The van der Waals surface area contributed by atoms with Crippen molar-refractivity contribution in [1.82, 2.24) is 15.5 Å². The molecule has 1 aromatic carbocycles. The Balaban J connectivity index is 0.00000300. The molecule has 1 aromatic rings. The second-order valence-corrected chi connectivity index (χ2v) is 7.62. The van der Waals surface area contributed by atoms with E-state index < -0.39 is 0 Å². The number of hydrogen-bond acceptors (Lipinski definition) is 4. The minimum absolute atomic E-state index is 0. The molecule has 2 saturated heterocycles. The number of halogens is 2. The maximum Gasteiger partial charge on any atom is 0.237 e. The van der Waals surface area contributed by atoms with Crippen molar-refractivity contribution in [1.29, 1.82) is 0 Å². The number of ether oxygens (including phenoxy) is 1. The van der Waals surface area contributed by atoms with E-state index in [0.29, 0.717) is 38.5 Å². The van der Waals surface area contributed by atoms with Crippen LogP contribution in [0.25, 0.3) is 0 Å². The van der Waals surface area contributed by atoms with E-state index in [1.807, 2.05) is 4.90 Å². The first kappa shape index (κ1) is 23.4. The third-order valence-corrected chi connectivity index (χ3v) is 5.44. The molecule has 6 nitrogen and oxygen atoms in total. The summed E-state index contributed by atoms with van der Waals surface area (Å²) in [5.74, 6) is 0.317. The standard InChI is InChI=1S/C21H30FN3O3.ClH/c22-17-7-1-2-9-19(17)28-13-5-10-20(26)25-12-4-6-16(15-25)14-24-21(27)18-8-3-11-23-18;/h1-2,7,9,16,18,23H,3-6,8,10-15H2,(H,24,27);1H. The molecule has 2 N–H and O–H groups in total. The second-order valence-electron chi connectivity index (χ2n) is 7.62. The third-order valence-electron chi connectivity index (χ3n) is 5.44. The van der Waals surface area contributed by atoms with Crippen LogP contribution in [0.1, 0.15) is 38.5 Å². The molecule has 2 aliphatic rings. The predicted octanol–water partition coefficient (Wildman–Crippen LogP) is 2.51. The first-order valence-corrected chi connectivity index (χ1v) is 10.3. The van der Waals surface area contributed by atoms with Gasteiger partial charge in [-0.05, 0) is 56.7 Å². The average Bonchev–Trinajstić information content (AvgIpc) is 3.26. The molecule has 0 spiro atoms. The van der Waals surface area contributed by atoms with Gasteiger partial charge >= 0.3 is 0 Å². The number of hydrogen-bond donors (Lipinski definition) is 2. The van der Waals surface area contributed by atoms with E-state index in [1.165, 1.54) is 6.07 Å². The molecule has 2 aliphatic heterocycles. The number of amides is 2. The Morgan fingerprint density at radius 3 is 2.83 bits per heavy atom. The Morgan fingerprint density at radius 1 is 1.24 bits per heavy atom. The van der Waals surface area contributed by atoms with Gasteiger partial charge in [0.25, 0.3) is 0 Å². The maximum absolute atomic E-state index is 13.5. The maximum atomic E-state index is 13.5. The summed E-state index contributed by atoms with van der Waals surface area (Å²) in [5.41, 5.74) is 0. The van der Waals surface area contributed by atoms with Crippen LogP contribution in [0.2, 0.25) is 0 Å². The van der Waals surface area contributed by atoms with E-state index >= 15 is 0 Å². The Morgan fingerprint density at radius 2 is 2.07 bits per heavy atom. The average molecular weight is 428 g/mol. The molecule has 162 valence electrons. The molecular weight excluding hydrogens is 397 g/mol. The van der Waals surface area contributed by atoms with Crippen molar-refractivity contribution in [3.05, 3.63) is 30.1 Å². The summed E-state index contributed by atoms with van der Waals surface area (Å²) in [5, 5.41) is 6.24. The lowest BCUT2D eigenvalue weighted by Gasteiger charge is -2.33. The highest BCUT2D eigenvalue weighted by molar-refractivity contribution is 5.85. The van der Waals surface area contributed by atoms with Crippen LogP contribution in [-0.4, -0.2) is 55.5 Å². The first-order valence-electron chi connectivity index (χ1n) is 10.3. The SMILES string of the molecule is Cl.O=C(NCC1CCCN(C(=O)CCCOc2ccccc2F)C1)C1CCCN1. The summed E-state index contributed by atoms with van der Waals surface area (Å²) in [7, 11) is 0. The molecule has 2 atom stereocenters. The van der Waals surface area contributed by atoms with Crippen molar-refractivity contribution >= 4 is 24.2 Å². The molecule has 8 heteroatoms. The van der Waals surface area contributed by atoms with E-state index in [-0.39, 0.29) is 41.8 Å². The Bertz CT molecular complexity index is 670. The van der Waals surface area contributed by atoms with Crippen molar-refractivity contribution in [2.45, 2.75) is 44.6 Å². The zero-order valence-corrected chi connectivity index (χ0v) is 17.5. The van der Waals surface area contributed by atoms with Crippen LogP contribution < -0.4 is 15.4 Å². The summed E-state index contributed by atoms with van der Waals surface area (Å²) in [4.78, 5) is 26.5. The summed E-state index contributed by atoms with van der Waals surface area (Å²) < 4.78 is 18.9. The van der Waals surface area contributed by atoms with Gasteiger partial charge < -0.3 is 20.3 Å². The quantitative estimate of drug-likeness (QED) is 0.625. The largest absolute Gasteiger partial charge is 0.491 e. The van der Waals surface area contributed by atoms with Crippen LogP contribution in [0.5, 0.6) is 5.75 Å². The number of benzene rings is 1. The lowest BCUT2D eigenvalue weighted by atomic mass is 9.97. The van der Waals surface area contributed by atoms with Crippen molar-refractivity contribution in [3.8, 4) is 5.75 Å². The van der Waals surface area contributed by atoms with E-state index in [2.05, 4.69) is 10.6 Å². The number of nitrogens with zero attached hydrogens (tertiary/aromatic N) is 1. The Labute approximate surface area is 178 Å². The predicted molar refractivity (Wildman–Crippen MR) is 112 cm³/mol. The Kier molecular flexibility index (Phi) is 9.67. The fraction of sp³-hybridized carbons (Fsp3) is 0.619. The van der Waals surface area contributed by atoms with E-state index in [1.54, 1.807) is 18.2 Å². The highest BCUT2D eigenvalue weighted by Gasteiger charge is 2.26. The fourth-order valence-electron chi connectivity index (χ4n) is 3.86. The summed E-state index contributed by atoms with van der Waals surface area (Å²) in [6.07, 6.45) is 4.87. The van der Waals surface area contributed by atoms with Gasteiger partial charge in [0.15, 0.2) is 11.6 Å². The van der Waals surface area contributed by atoms with Crippen LogP contribution in [-0.2, 0) is 9.59 Å². The minimum atomic E-state index is -0.387. The van der Waals surface area contributed by atoms with Gasteiger partial charge in [-0.2, -0.15) is 0 Å². The van der Waals surface area contributed by atoms with Crippen LogP contribution in [0.3, 0.4) is 0 Å². The molecule has 2 heterocycles. The number of likely N-dealkylation sites (tertiary alicyclic amines) is 1. The first-order chi connectivity index (χ1) is 13.6. The van der Waals surface area contributed by atoms with Gasteiger partial charge in [-0.3, -0.25) is 9.59 Å². The van der Waals surface area contributed by atoms with Gasteiger partial charge in [-0.25, -0.2) is 4.39 Å². The lowest BCUT2D eigenvalue weighted by Crippen LogP contribution is -2.46. The minimum Gasteiger partial charge on any atom is -0.491 e. The molecule has 0 aliphatic carbocycles. The number of nitrogens with one attached hydrogen (secondary N) is 2. The number of carbonyl (C=O) groups excluding carboxylic acids is 2. The zero-order chi connectivity index (χ0) is 19.8. The van der Waals surface area contributed by atoms with E-state index in [9.17, 15) is 14.0 Å². The number of rotatable bonds is 8. The Hall–Kier alpha value is -1.86.